The van der Waals surface area contributed by atoms with Gasteiger partial charge in [-0.2, -0.15) is 0 Å². The Balaban J connectivity index is 2.61. The number of amides is 1. The molecule has 0 spiro atoms. The molecule has 0 unspecified atom stereocenters. The summed E-state index contributed by atoms with van der Waals surface area (Å²) in [5.74, 6) is 0. The van der Waals surface area contributed by atoms with Crippen molar-refractivity contribution in [2.45, 2.75) is 38.5 Å². The molecule has 0 aromatic carbocycles. The van der Waals surface area contributed by atoms with Crippen molar-refractivity contribution in [1.82, 2.24) is 9.62 Å². The largest absolute Gasteiger partial charge is 0.444 e. The summed E-state index contributed by atoms with van der Waals surface area (Å²) in [4.78, 5) is 13.0. The van der Waals surface area contributed by atoms with Gasteiger partial charge in [-0.3, -0.25) is 0 Å². The van der Waals surface area contributed by atoms with E-state index in [0.717, 1.165) is 6.26 Å². The van der Waals surface area contributed by atoms with Gasteiger partial charge in [0.05, 0.1) is 24.9 Å². The molecule has 2 atom stereocenters. The number of carbonyl (C=O) groups excluding carboxylic acids is 1. The normalized spacial score (nSPS) is 25.3. The molecular weight excluding hydrogens is 260 g/mol. The van der Waals surface area contributed by atoms with Crippen LogP contribution in [0.15, 0.2) is 0 Å². The zero-order valence-corrected chi connectivity index (χ0v) is 11.8. The van der Waals surface area contributed by atoms with Crippen molar-refractivity contribution in [3.05, 3.63) is 0 Å². The van der Waals surface area contributed by atoms with Crippen molar-refractivity contribution in [3.8, 4) is 0 Å². The molecule has 0 radical (unpaired) electrons. The van der Waals surface area contributed by atoms with E-state index in [-0.39, 0.29) is 13.1 Å². The highest BCUT2D eigenvalue weighted by Crippen LogP contribution is 2.16. The SMILES string of the molecule is CC(C)(C)OC(=O)N1C[C@H](NS(C)(=O)=O)[C@@H](O)C1. The first kappa shape index (κ1) is 15.2. The van der Waals surface area contributed by atoms with Gasteiger partial charge in [-0.15, -0.1) is 0 Å². The molecule has 1 fully saturated rings. The minimum Gasteiger partial charge on any atom is -0.444 e. The van der Waals surface area contributed by atoms with Gasteiger partial charge in [0.15, 0.2) is 0 Å². The Morgan fingerprint density at radius 1 is 1.39 bits per heavy atom. The molecule has 0 bridgehead atoms. The maximum Gasteiger partial charge on any atom is 0.410 e. The standard InChI is InChI=1S/C10H20N2O5S/c1-10(2,3)17-9(14)12-5-7(8(13)6-12)11-18(4,15)16/h7-8,11,13H,5-6H2,1-4H3/t7-,8-/m0/s1. The fourth-order valence-electron chi connectivity index (χ4n) is 1.65. The highest BCUT2D eigenvalue weighted by Gasteiger charge is 2.37. The van der Waals surface area contributed by atoms with Gasteiger partial charge in [-0.25, -0.2) is 17.9 Å². The number of nitrogens with zero attached hydrogens (tertiary/aromatic N) is 1. The Labute approximate surface area is 107 Å². The van der Waals surface area contributed by atoms with Crippen LogP contribution in [-0.2, 0) is 14.8 Å². The number of hydrogen-bond acceptors (Lipinski definition) is 5. The third-order valence-corrected chi connectivity index (χ3v) is 3.04. The Hall–Kier alpha value is -0.860. The summed E-state index contributed by atoms with van der Waals surface area (Å²) in [6.45, 7) is 5.38. The van der Waals surface area contributed by atoms with Crippen LogP contribution in [0, 0.1) is 0 Å². The molecule has 0 saturated carbocycles. The number of hydrogen-bond donors (Lipinski definition) is 2. The Morgan fingerprint density at radius 3 is 2.39 bits per heavy atom. The summed E-state index contributed by atoms with van der Waals surface area (Å²) < 4.78 is 29.6. The van der Waals surface area contributed by atoms with E-state index < -0.39 is 33.9 Å². The summed E-state index contributed by atoms with van der Waals surface area (Å²) in [5.41, 5.74) is -0.621. The van der Waals surface area contributed by atoms with Crippen LogP contribution in [0.3, 0.4) is 0 Å². The van der Waals surface area contributed by atoms with E-state index in [1.807, 2.05) is 0 Å². The summed E-state index contributed by atoms with van der Waals surface area (Å²) in [6, 6.07) is -0.687. The van der Waals surface area contributed by atoms with Crippen LogP contribution in [0.1, 0.15) is 20.8 Å². The van der Waals surface area contributed by atoms with Gasteiger partial charge >= 0.3 is 6.09 Å². The predicted octanol–water partition coefficient (Wildman–Crippen LogP) is -0.484. The van der Waals surface area contributed by atoms with E-state index in [2.05, 4.69) is 4.72 Å². The molecule has 7 nitrogen and oxygen atoms in total. The number of likely N-dealkylation sites (tertiary alicyclic amines) is 1. The van der Waals surface area contributed by atoms with E-state index in [0.29, 0.717) is 0 Å². The fourth-order valence-corrected chi connectivity index (χ4v) is 2.43. The molecule has 8 heteroatoms. The third kappa shape index (κ3) is 4.79. The second-order valence-corrected chi connectivity index (χ2v) is 7.23. The molecule has 1 amide bonds. The monoisotopic (exact) mass is 280 g/mol. The van der Waals surface area contributed by atoms with Crippen molar-refractivity contribution in [2.75, 3.05) is 19.3 Å². The van der Waals surface area contributed by atoms with Crippen LogP contribution in [0.4, 0.5) is 4.79 Å². The Morgan fingerprint density at radius 2 is 1.94 bits per heavy atom. The molecule has 1 heterocycles. The molecule has 1 saturated heterocycles. The second-order valence-electron chi connectivity index (χ2n) is 5.45. The first-order valence-electron chi connectivity index (χ1n) is 5.61. The first-order chi connectivity index (χ1) is 7.98. The van der Waals surface area contributed by atoms with Crippen LogP contribution >= 0.6 is 0 Å². The van der Waals surface area contributed by atoms with Gasteiger partial charge in [-0.05, 0) is 20.8 Å². The minimum absolute atomic E-state index is 0.0576. The topological polar surface area (TPSA) is 95.9 Å². The predicted molar refractivity (Wildman–Crippen MR) is 65.6 cm³/mol. The van der Waals surface area contributed by atoms with Crippen molar-refractivity contribution in [1.29, 1.82) is 0 Å². The summed E-state index contributed by atoms with van der Waals surface area (Å²) in [5, 5.41) is 9.69. The van der Waals surface area contributed by atoms with Crippen LogP contribution < -0.4 is 4.72 Å². The highest BCUT2D eigenvalue weighted by atomic mass is 32.2. The van der Waals surface area contributed by atoms with Crippen LogP contribution in [0.25, 0.3) is 0 Å². The maximum atomic E-state index is 11.7. The van der Waals surface area contributed by atoms with Gasteiger partial charge in [0, 0.05) is 6.54 Å². The van der Waals surface area contributed by atoms with Gasteiger partial charge in [-0.1, -0.05) is 0 Å². The fraction of sp³-hybridized carbons (Fsp3) is 0.900. The maximum absolute atomic E-state index is 11.7. The van der Waals surface area contributed by atoms with E-state index in [1.165, 1.54) is 4.90 Å². The zero-order valence-electron chi connectivity index (χ0n) is 11.0. The summed E-state index contributed by atoms with van der Waals surface area (Å²) in [7, 11) is -3.41. The number of rotatable bonds is 2. The summed E-state index contributed by atoms with van der Waals surface area (Å²) in [6.07, 6.45) is -0.470. The molecule has 0 aliphatic carbocycles. The number of sulfonamides is 1. The Bertz CT molecular complexity index is 414. The van der Waals surface area contributed by atoms with Crippen molar-refractivity contribution in [2.24, 2.45) is 0 Å². The van der Waals surface area contributed by atoms with Crippen molar-refractivity contribution >= 4 is 16.1 Å². The molecule has 1 aliphatic rings. The number of β-amino-alcohol motifs (C(OH)–C–C–N with tert-alkyl or cyclic N) is 1. The van der Waals surface area contributed by atoms with Gasteiger partial charge in [0.25, 0.3) is 0 Å². The molecule has 1 rings (SSSR count). The number of aliphatic hydroxyl groups excluding tert-OH is 1. The molecular formula is C10H20N2O5S. The van der Waals surface area contributed by atoms with Gasteiger partial charge in [0.1, 0.15) is 5.60 Å². The molecule has 1 aliphatic heterocycles. The van der Waals surface area contributed by atoms with Crippen LogP contribution in [-0.4, -0.2) is 61.6 Å². The highest BCUT2D eigenvalue weighted by molar-refractivity contribution is 7.88. The summed E-state index contributed by atoms with van der Waals surface area (Å²) >= 11 is 0. The minimum atomic E-state index is -3.41. The molecule has 2 N–H and O–H groups in total. The van der Waals surface area contributed by atoms with Gasteiger partial charge in [0.2, 0.25) is 10.0 Å². The number of aliphatic hydroxyl groups is 1. The van der Waals surface area contributed by atoms with Gasteiger partial charge < -0.3 is 14.7 Å². The van der Waals surface area contributed by atoms with Crippen LogP contribution in [0.2, 0.25) is 0 Å². The molecule has 0 aromatic heterocycles. The Kier molecular flexibility index (Phi) is 4.24. The lowest BCUT2D eigenvalue weighted by molar-refractivity contribution is 0.0270. The van der Waals surface area contributed by atoms with E-state index in [1.54, 1.807) is 20.8 Å². The smallest absolute Gasteiger partial charge is 0.410 e. The first-order valence-corrected chi connectivity index (χ1v) is 7.50. The lowest BCUT2D eigenvalue weighted by Gasteiger charge is -2.24. The average Bonchev–Trinajstić information content (AvgIpc) is 2.42. The average molecular weight is 280 g/mol. The third-order valence-electron chi connectivity index (χ3n) is 2.31. The number of nitrogens with one attached hydrogen (secondary N) is 1. The van der Waals surface area contributed by atoms with Crippen molar-refractivity contribution < 1.29 is 23.1 Å². The van der Waals surface area contributed by atoms with E-state index >= 15 is 0 Å². The van der Waals surface area contributed by atoms with E-state index in [9.17, 15) is 18.3 Å². The zero-order chi connectivity index (χ0) is 14.1. The quantitative estimate of drug-likeness (QED) is 0.712. The lowest BCUT2D eigenvalue weighted by atomic mass is 10.2. The van der Waals surface area contributed by atoms with E-state index in [4.69, 9.17) is 4.74 Å². The van der Waals surface area contributed by atoms with Crippen LogP contribution in [0.5, 0.6) is 0 Å². The second kappa shape index (κ2) is 5.02. The molecule has 0 aromatic rings. The molecule has 106 valence electrons. The van der Waals surface area contributed by atoms with Crippen molar-refractivity contribution in [3.63, 3.8) is 0 Å². The number of ether oxygens (including phenoxy) is 1. The number of carbonyl (C=O) groups is 1. The molecule has 18 heavy (non-hydrogen) atoms. The lowest BCUT2D eigenvalue weighted by Crippen LogP contribution is -2.42.